The van der Waals surface area contributed by atoms with Gasteiger partial charge in [0.2, 0.25) is 0 Å². The lowest BCUT2D eigenvalue weighted by Gasteiger charge is -2.13. The number of thiophene rings is 1. The third-order valence-corrected chi connectivity index (χ3v) is 8.42. The number of aromatic nitrogens is 4. The molecule has 0 saturated carbocycles. The minimum atomic E-state index is -0.0692. The zero-order valence-corrected chi connectivity index (χ0v) is 20.3. The quantitative estimate of drug-likeness (QED) is 0.284. The molecule has 3 aromatic heterocycles. The molecule has 1 N–H and O–H groups in total. The van der Waals surface area contributed by atoms with Crippen LogP contribution in [0.3, 0.4) is 0 Å². The molecule has 2 aromatic carbocycles. The average molecular weight is 487 g/mol. The van der Waals surface area contributed by atoms with Gasteiger partial charge in [0.1, 0.15) is 10.7 Å². The van der Waals surface area contributed by atoms with Crippen LogP contribution in [0.5, 0.6) is 0 Å². The lowest BCUT2D eigenvalue weighted by Crippen LogP contribution is -2.24. The number of hydrogen-bond acceptors (Lipinski definition) is 6. The molecule has 6 nitrogen and oxygen atoms in total. The van der Waals surface area contributed by atoms with Crippen LogP contribution in [0.4, 0.5) is 0 Å². The Kier molecular flexibility index (Phi) is 5.34. The number of aromatic amines is 1. The predicted molar refractivity (Wildman–Crippen MR) is 138 cm³/mol. The smallest absolute Gasteiger partial charge is 0.262 e. The van der Waals surface area contributed by atoms with E-state index in [1.165, 1.54) is 27.8 Å². The van der Waals surface area contributed by atoms with E-state index in [1.807, 2.05) is 55.5 Å². The van der Waals surface area contributed by atoms with Gasteiger partial charge in [-0.1, -0.05) is 53.7 Å². The molecular formula is C26H22N4O2S2. The lowest BCUT2D eigenvalue weighted by molar-refractivity contribution is 0.657. The molecule has 3 heterocycles. The van der Waals surface area contributed by atoms with Crippen molar-refractivity contribution in [3.63, 3.8) is 0 Å². The summed E-state index contributed by atoms with van der Waals surface area (Å²) in [6.07, 6.45) is 3.10. The van der Waals surface area contributed by atoms with Crippen LogP contribution in [-0.2, 0) is 25.1 Å². The summed E-state index contributed by atoms with van der Waals surface area (Å²) in [7, 11) is 0. The number of rotatable bonds is 5. The summed E-state index contributed by atoms with van der Waals surface area (Å²) in [5, 5.41) is 1.96. The molecule has 1 aliphatic carbocycles. The second-order valence-corrected chi connectivity index (χ2v) is 10.7. The number of nitrogens with zero attached hydrogens (tertiary/aromatic N) is 3. The first-order valence-corrected chi connectivity index (χ1v) is 13.1. The molecule has 34 heavy (non-hydrogen) atoms. The summed E-state index contributed by atoms with van der Waals surface area (Å²) in [5.41, 5.74) is 3.92. The van der Waals surface area contributed by atoms with Crippen LogP contribution in [0.15, 0.2) is 63.3 Å². The van der Waals surface area contributed by atoms with E-state index in [-0.39, 0.29) is 11.1 Å². The van der Waals surface area contributed by atoms with Gasteiger partial charge in [-0.2, -0.15) is 0 Å². The molecule has 0 aliphatic heterocycles. The van der Waals surface area contributed by atoms with Gasteiger partial charge in [0, 0.05) is 4.88 Å². The van der Waals surface area contributed by atoms with Gasteiger partial charge >= 0.3 is 0 Å². The van der Waals surface area contributed by atoms with Gasteiger partial charge in [0.25, 0.3) is 11.1 Å². The normalized spacial score (nSPS) is 13.1. The highest BCUT2D eigenvalue weighted by atomic mass is 32.2. The van der Waals surface area contributed by atoms with Crippen molar-refractivity contribution in [3.8, 4) is 0 Å². The minimum absolute atomic E-state index is 0.0662. The number of para-hydroxylation sites is 1. The van der Waals surface area contributed by atoms with E-state index in [0.717, 1.165) is 35.0 Å². The van der Waals surface area contributed by atoms with Crippen LogP contribution < -0.4 is 11.1 Å². The molecule has 0 atom stereocenters. The first-order valence-electron chi connectivity index (χ1n) is 11.3. The van der Waals surface area contributed by atoms with E-state index in [9.17, 15) is 9.59 Å². The summed E-state index contributed by atoms with van der Waals surface area (Å²) >= 11 is 3.06. The summed E-state index contributed by atoms with van der Waals surface area (Å²) in [5.74, 6) is 1.03. The fourth-order valence-corrected chi connectivity index (χ4v) is 6.67. The highest BCUT2D eigenvalue weighted by molar-refractivity contribution is 7.98. The Morgan fingerprint density at radius 1 is 1.06 bits per heavy atom. The van der Waals surface area contributed by atoms with Gasteiger partial charge in [-0.25, -0.2) is 9.97 Å². The molecule has 0 unspecified atom stereocenters. The second-order valence-electron chi connectivity index (χ2n) is 8.63. The van der Waals surface area contributed by atoms with Crippen molar-refractivity contribution in [1.82, 2.24) is 19.5 Å². The number of thioether (sulfide) groups is 1. The number of aryl methyl sites for hydroxylation is 3. The second kappa shape index (κ2) is 8.52. The van der Waals surface area contributed by atoms with Crippen LogP contribution in [0.25, 0.3) is 21.1 Å². The molecule has 0 saturated heterocycles. The largest absolute Gasteiger partial charge is 0.309 e. The van der Waals surface area contributed by atoms with Crippen LogP contribution >= 0.6 is 23.1 Å². The third kappa shape index (κ3) is 3.76. The molecule has 5 aromatic rings. The maximum atomic E-state index is 13.4. The Hall–Kier alpha value is -3.23. The van der Waals surface area contributed by atoms with Gasteiger partial charge < -0.3 is 4.98 Å². The molecule has 0 radical (unpaired) electrons. The number of H-pyrrole nitrogens is 1. The van der Waals surface area contributed by atoms with Crippen molar-refractivity contribution in [1.29, 1.82) is 0 Å². The summed E-state index contributed by atoms with van der Waals surface area (Å²) in [6, 6.07) is 15.6. The fourth-order valence-electron chi connectivity index (χ4n) is 4.52. The van der Waals surface area contributed by atoms with Gasteiger partial charge in [-0.3, -0.25) is 14.2 Å². The van der Waals surface area contributed by atoms with Crippen LogP contribution in [0.2, 0.25) is 0 Å². The van der Waals surface area contributed by atoms with Gasteiger partial charge in [0.15, 0.2) is 5.16 Å². The zero-order valence-electron chi connectivity index (χ0n) is 18.6. The van der Waals surface area contributed by atoms with Crippen molar-refractivity contribution in [3.05, 3.63) is 96.6 Å². The van der Waals surface area contributed by atoms with Gasteiger partial charge in [-0.15, -0.1) is 11.3 Å². The van der Waals surface area contributed by atoms with E-state index >= 15 is 0 Å². The Bertz CT molecular complexity index is 1670. The standard InChI is InChI=1S/C26H22N4O2S2/c1-15-9-11-16(12-10-15)13-30-25(32)17-5-2-3-7-19(17)27-26(30)33-14-21-28-23(31)22-18-6-4-8-20(18)34-24(22)29-21/h2-3,5,7,9-12H,4,6,8,13-14H2,1H3,(H,28,29,31). The first kappa shape index (κ1) is 21.3. The molecule has 0 spiro atoms. The Balaban J connectivity index is 1.37. The van der Waals surface area contributed by atoms with E-state index in [1.54, 1.807) is 15.9 Å². The summed E-state index contributed by atoms with van der Waals surface area (Å²) in [4.78, 5) is 40.8. The maximum absolute atomic E-state index is 13.4. The van der Waals surface area contributed by atoms with Crippen LogP contribution in [0, 0.1) is 6.92 Å². The van der Waals surface area contributed by atoms with Crippen LogP contribution in [-0.4, -0.2) is 19.5 Å². The van der Waals surface area contributed by atoms with E-state index in [2.05, 4.69) is 4.98 Å². The van der Waals surface area contributed by atoms with Crippen molar-refractivity contribution in [2.24, 2.45) is 0 Å². The van der Waals surface area contributed by atoms with Crippen molar-refractivity contribution in [2.75, 3.05) is 0 Å². The highest BCUT2D eigenvalue weighted by Crippen LogP contribution is 2.34. The zero-order chi connectivity index (χ0) is 23.2. The molecule has 6 rings (SSSR count). The first-order chi connectivity index (χ1) is 16.6. The van der Waals surface area contributed by atoms with Gasteiger partial charge in [-0.05, 0) is 49.4 Å². The number of benzene rings is 2. The molecule has 0 amide bonds. The van der Waals surface area contributed by atoms with E-state index in [4.69, 9.17) is 9.97 Å². The average Bonchev–Trinajstić information content (AvgIpc) is 3.42. The monoisotopic (exact) mass is 486 g/mol. The SMILES string of the molecule is Cc1ccc(Cn2c(SCc3nc4sc5c(c4c(=O)[nH]3)CCC5)nc3ccccc3c2=O)cc1. The molecule has 0 fully saturated rings. The molecule has 170 valence electrons. The molecule has 0 bridgehead atoms. The van der Waals surface area contributed by atoms with Gasteiger partial charge in [0.05, 0.1) is 28.6 Å². The summed E-state index contributed by atoms with van der Waals surface area (Å²) in [6.45, 7) is 2.47. The van der Waals surface area contributed by atoms with Crippen molar-refractivity contribution >= 4 is 44.2 Å². The number of hydrogen-bond donors (Lipinski definition) is 1. The Morgan fingerprint density at radius 3 is 2.74 bits per heavy atom. The Labute approximate surface area is 203 Å². The molecular weight excluding hydrogens is 464 g/mol. The third-order valence-electron chi connectivity index (χ3n) is 6.25. The minimum Gasteiger partial charge on any atom is -0.309 e. The van der Waals surface area contributed by atoms with Crippen LogP contribution in [0.1, 0.15) is 33.8 Å². The molecule has 1 aliphatic rings. The summed E-state index contributed by atoms with van der Waals surface area (Å²) < 4.78 is 1.72. The van der Waals surface area contributed by atoms with E-state index < -0.39 is 0 Å². The van der Waals surface area contributed by atoms with E-state index in [0.29, 0.717) is 34.2 Å². The van der Waals surface area contributed by atoms with Crippen molar-refractivity contribution < 1.29 is 0 Å². The number of nitrogens with one attached hydrogen (secondary N) is 1. The Morgan fingerprint density at radius 2 is 1.88 bits per heavy atom. The molecule has 8 heteroatoms. The predicted octanol–water partition coefficient (Wildman–Crippen LogP) is 4.83. The fraction of sp³-hybridized carbons (Fsp3) is 0.231. The topological polar surface area (TPSA) is 80.6 Å². The lowest BCUT2D eigenvalue weighted by atomic mass is 10.1. The van der Waals surface area contributed by atoms with Crippen molar-refractivity contribution in [2.45, 2.75) is 43.6 Å². The maximum Gasteiger partial charge on any atom is 0.262 e. The number of fused-ring (bicyclic) bond motifs is 4. The highest BCUT2D eigenvalue weighted by Gasteiger charge is 2.21.